The number of benzene rings is 1. The molecule has 19 heavy (non-hydrogen) atoms. The standard InChI is InChI=1S/C14H13FN2O2/c15-13-7-12(5-6-16-13)14(19)17-8-10-1-3-11(9-18)4-2-10/h1-7,18H,8-9H2,(H,17,19). The Hall–Kier alpha value is -2.27. The molecule has 1 aromatic carbocycles. The van der Waals surface area contributed by atoms with Crippen molar-refractivity contribution in [2.24, 2.45) is 0 Å². The number of hydrogen-bond acceptors (Lipinski definition) is 3. The lowest BCUT2D eigenvalue weighted by atomic mass is 10.1. The molecule has 0 aliphatic rings. The zero-order valence-corrected chi connectivity index (χ0v) is 10.1. The lowest BCUT2D eigenvalue weighted by molar-refractivity contribution is 0.0950. The molecule has 4 nitrogen and oxygen atoms in total. The maximum Gasteiger partial charge on any atom is 0.251 e. The fourth-order valence-electron chi connectivity index (χ4n) is 1.59. The molecule has 0 aliphatic carbocycles. The van der Waals surface area contributed by atoms with Crippen LogP contribution in [0, 0.1) is 5.95 Å². The third kappa shape index (κ3) is 3.59. The van der Waals surface area contributed by atoms with Crippen LogP contribution in [0.15, 0.2) is 42.6 Å². The smallest absolute Gasteiger partial charge is 0.251 e. The molecule has 0 bridgehead atoms. The molecular weight excluding hydrogens is 247 g/mol. The van der Waals surface area contributed by atoms with Gasteiger partial charge in [0.1, 0.15) is 0 Å². The first-order chi connectivity index (χ1) is 9.19. The van der Waals surface area contributed by atoms with Crippen LogP contribution in [-0.2, 0) is 13.2 Å². The van der Waals surface area contributed by atoms with Gasteiger partial charge in [-0.2, -0.15) is 4.39 Å². The third-order valence-corrected chi connectivity index (χ3v) is 2.65. The third-order valence-electron chi connectivity index (χ3n) is 2.65. The van der Waals surface area contributed by atoms with Crippen molar-refractivity contribution in [1.82, 2.24) is 10.3 Å². The van der Waals surface area contributed by atoms with Crippen molar-refractivity contribution in [3.05, 3.63) is 65.2 Å². The molecule has 1 amide bonds. The van der Waals surface area contributed by atoms with Crippen molar-refractivity contribution in [2.45, 2.75) is 13.2 Å². The van der Waals surface area contributed by atoms with E-state index in [0.29, 0.717) is 6.54 Å². The van der Waals surface area contributed by atoms with Gasteiger partial charge in [-0.15, -0.1) is 0 Å². The van der Waals surface area contributed by atoms with Gasteiger partial charge in [0.15, 0.2) is 0 Å². The van der Waals surface area contributed by atoms with E-state index in [1.807, 2.05) is 12.1 Å². The van der Waals surface area contributed by atoms with Gasteiger partial charge in [-0.1, -0.05) is 24.3 Å². The van der Waals surface area contributed by atoms with Crippen LogP contribution in [0.4, 0.5) is 4.39 Å². The van der Waals surface area contributed by atoms with Gasteiger partial charge < -0.3 is 10.4 Å². The van der Waals surface area contributed by atoms with Crippen LogP contribution in [0.1, 0.15) is 21.5 Å². The zero-order valence-electron chi connectivity index (χ0n) is 10.1. The predicted octanol–water partition coefficient (Wildman–Crippen LogP) is 1.64. The van der Waals surface area contributed by atoms with E-state index in [1.54, 1.807) is 12.1 Å². The van der Waals surface area contributed by atoms with Crippen molar-refractivity contribution < 1.29 is 14.3 Å². The highest BCUT2D eigenvalue weighted by atomic mass is 19.1. The Labute approximate surface area is 109 Å². The summed E-state index contributed by atoms with van der Waals surface area (Å²) in [5.41, 5.74) is 1.95. The molecule has 0 saturated carbocycles. The molecular formula is C14H13FN2O2. The lowest BCUT2D eigenvalue weighted by Crippen LogP contribution is -2.22. The van der Waals surface area contributed by atoms with E-state index in [1.165, 1.54) is 12.3 Å². The number of rotatable bonds is 4. The summed E-state index contributed by atoms with van der Waals surface area (Å²) in [6, 6.07) is 9.75. The number of carbonyl (C=O) groups excluding carboxylic acids is 1. The Kier molecular flexibility index (Phi) is 4.20. The first kappa shape index (κ1) is 13.2. The number of hydrogen-bond donors (Lipinski definition) is 2. The molecule has 0 spiro atoms. The van der Waals surface area contributed by atoms with Gasteiger partial charge in [-0.3, -0.25) is 4.79 Å². The molecule has 0 fully saturated rings. The minimum absolute atomic E-state index is 0.0110. The van der Waals surface area contributed by atoms with Gasteiger partial charge in [0, 0.05) is 24.4 Å². The van der Waals surface area contributed by atoms with E-state index in [-0.39, 0.29) is 18.1 Å². The molecule has 98 valence electrons. The number of nitrogens with one attached hydrogen (secondary N) is 1. The Bertz CT molecular complexity index is 570. The number of aromatic nitrogens is 1. The highest BCUT2D eigenvalue weighted by molar-refractivity contribution is 5.93. The van der Waals surface area contributed by atoms with Crippen LogP contribution < -0.4 is 5.32 Å². The monoisotopic (exact) mass is 260 g/mol. The number of carbonyl (C=O) groups is 1. The maximum atomic E-state index is 12.9. The SMILES string of the molecule is O=C(NCc1ccc(CO)cc1)c1ccnc(F)c1. The molecule has 0 radical (unpaired) electrons. The normalized spacial score (nSPS) is 10.2. The van der Waals surface area contributed by atoms with Crippen molar-refractivity contribution in [3.8, 4) is 0 Å². The lowest BCUT2D eigenvalue weighted by Gasteiger charge is -2.06. The Morgan fingerprint density at radius 2 is 1.89 bits per heavy atom. The maximum absolute atomic E-state index is 12.9. The number of halogens is 1. The molecule has 1 heterocycles. The summed E-state index contributed by atoms with van der Waals surface area (Å²) in [5, 5.41) is 11.6. The average molecular weight is 260 g/mol. The van der Waals surface area contributed by atoms with Gasteiger partial charge >= 0.3 is 0 Å². The van der Waals surface area contributed by atoms with Crippen molar-refractivity contribution >= 4 is 5.91 Å². The number of aliphatic hydroxyl groups excluding tert-OH is 1. The quantitative estimate of drug-likeness (QED) is 0.821. The van der Waals surface area contributed by atoms with Crippen LogP contribution in [-0.4, -0.2) is 16.0 Å². The number of nitrogens with zero attached hydrogens (tertiary/aromatic N) is 1. The molecule has 0 aliphatic heterocycles. The second-order valence-electron chi connectivity index (χ2n) is 4.02. The fraction of sp³-hybridized carbons (Fsp3) is 0.143. The topological polar surface area (TPSA) is 62.2 Å². The molecule has 2 rings (SSSR count). The van der Waals surface area contributed by atoms with Gasteiger partial charge in [0.05, 0.1) is 6.61 Å². The largest absolute Gasteiger partial charge is 0.392 e. The predicted molar refractivity (Wildman–Crippen MR) is 67.7 cm³/mol. The van der Waals surface area contributed by atoms with Crippen LogP contribution >= 0.6 is 0 Å². The summed E-state index contributed by atoms with van der Waals surface area (Å²) in [6.45, 7) is 0.331. The van der Waals surface area contributed by atoms with Crippen LogP contribution in [0.5, 0.6) is 0 Å². The molecule has 0 saturated heterocycles. The van der Waals surface area contributed by atoms with Crippen LogP contribution in [0.2, 0.25) is 0 Å². The number of pyridine rings is 1. The van der Waals surface area contributed by atoms with Crippen molar-refractivity contribution in [3.63, 3.8) is 0 Å². The molecule has 2 aromatic rings. The molecule has 1 aromatic heterocycles. The van der Waals surface area contributed by atoms with E-state index < -0.39 is 5.95 Å². The zero-order chi connectivity index (χ0) is 13.7. The van der Waals surface area contributed by atoms with E-state index >= 15 is 0 Å². The molecule has 2 N–H and O–H groups in total. The van der Waals surface area contributed by atoms with Gasteiger partial charge in [-0.05, 0) is 17.2 Å². The molecule has 5 heteroatoms. The van der Waals surface area contributed by atoms with E-state index in [9.17, 15) is 9.18 Å². The number of aliphatic hydroxyl groups is 1. The number of amides is 1. The summed E-state index contributed by atoms with van der Waals surface area (Å²) < 4.78 is 12.9. The van der Waals surface area contributed by atoms with E-state index in [4.69, 9.17) is 5.11 Å². The minimum Gasteiger partial charge on any atom is -0.392 e. The van der Waals surface area contributed by atoms with E-state index in [0.717, 1.165) is 17.2 Å². The van der Waals surface area contributed by atoms with Crippen molar-refractivity contribution in [2.75, 3.05) is 0 Å². The van der Waals surface area contributed by atoms with Crippen LogP contribution in [0.3, 0.4) is 0 Å². The van der Waals surface area contributed by atoms with E-state index in [2.05, 4.69) is 10.3 Å². The van der Waals surface area contributed by atoms with Crippen LogP contribution in [0.25, 0.3) is 0 Å². The molecule has 0 unspecified atom stereocenters. The summed E-state index contributed by atoms with van der Waals surface area (Å²) in [6.07, 6.45) is 1.25. The fourth-order valence-corrected chi connectivity index (χ4v) is 1.59. The second kappa shape index (κ2) is 6.06. The first-order valence-corrected chi connectivity index (χ1v) is 5.77. The Morgan fingerprint density at radius 1 is 1.21 bits per heavy atom. The van der Waals surface area contributed by atoms with Gasteiger partial charge in [0.25, 0.3) is 5.91 Å². The van der Waals surface area contributed by atoms with Gasteiger partial charge in [-0.25, -0.2) is 4.98 Å². The average Bonchev–Trinajstić information content (AvgIpc) is 2.45. The summed E-state index contributed by atoms with van der Waals surface area (Å²) in [5.74, 6) is -1.03. The highest BCUT2D eigenvalue weighted by Gasteiger charge is 2.06. The molecule has 0 atom stereocenters. The van der Waals surface area contributed by atoms with Gasteiger partial charge in [0.2, 0.25) is 5.95 Å². The summed E-state index contributed by atoms with van der Waals surface area (Å²) in [7, 11) is 0. The Morgan fingerprint density at radius 3 is 2.53 bits per heavy atom. The second-order valence-corrected chi connectivity index (χ2v) is 4.02. The first-order valence-electron chi connectivity index (χ1n) is 5.77. The summed E-state index contributed by atoms with van der Waals surface area (Å²) >= 11 is 0. The minimum atomic E-state index is -0.681. The summed E-state index contributed by atoms with van der Waals surface area (Å²) in [4.78, 5) is 15.1. The Balaban J connectivity index is 1.96. The van der Waals surface area contributed by atoms with Crippen molar-refractivity contribution in [1.29, 1.82) is 0 Å². The highest BCUT2D eigenvalue weighted by Crippen LogP contribution is 2.05.